The quantitative estimate of drug-likeness (QED) is 0.883. The van der Waals surface area contributed by atoms with Crippen LogP contribution in [0.1, 0.15) is 30.8 Å². The van der Waals surface area contributed by atoms with E-state index in [1.807, 2.05) is 12.1 Å². The minimum absolute atomic E-state index is 0.0508. The van der Waals surface area contributed by atoms with Gasteiger partial charge in [-0.3, -0.25) is 0 Å². The van der Waals surface area contributed by atoms with Crippen molar-refractivity contribution in [1.29, 1.82) is 0 Å². The van der Waals surface area contributed by atoms with Gasteiger partial charge in [0.05, 0.1) is 0 Å². The Morgan fingerprint density at radius 3 is 3.11 bits per heavy atom. The second kappa shape index (κ2) is 5.12. The molecule has 0 bridgehead atoms. The van der Waals surface area contributed by atoms with Gasteiger partial charge in [-0.15, -0.1) is 0 Å². The smallest absolute Gasteiger partial charge is 0.138 e. The van der Waals surface area contributed by atoms with Gasteiger partial charge in [0, 0.05) is 24.1 Å². The maximum atomic E-state index is 6.02. The number of hydrogen-bond donors (Lipinski definition) is 1. The maximum absolute atomic E-state index is 6.02. The third-order valence-electron chi connectivity index (χ3n) is 3.52. The van der Waals surface area contributed by atoms with Crippen LogP contribution in [0.25, 0.3) is 11.0 Å². The predicted molar refractivity (Wildman–Crippen MR) is 71.8 cm³/mol. The summed E-state index contributed by atoms with van der Waals surface area (Å²) in [4.78, 5) is 0. The normalized spacial score (nSPS) is 21.1. The van der Waals surface area contributed by atoms with Crippen LogP contribution in [-0.2, 0) is 11.2 Å². The molecule has 1 N–H and O–H groups in total. The molecule has 0 saturated carbocycles. The van der Waals surface area contributed by atoms with Crippen LogP contribution in [0.2, 0.25) is 0 Å². The lowest BCUT2D eigenvalue weighted by Crippen LogP contribution is -2.20. The number of rotatable bonds is 2. The molecule has 0 radical (unpaired) electrons. The first kappa shape index (κ1) is 11.8. The number of para-hydroxylation sites is 1. The fraction of sp³-hybridized carbons (Fsp3) is 0.467. The van der Waals surface area contributed by atoms with Gasteiger partial charge in [0.1, 0.15) is 17.4 Å². The maximum Gasteiger partial charge on any atom is 0.138 e. The summed E-state index contributed by atoms with van der Waals surface area (Å²) >= 11 is 0. The van der Waals surface area contributed by atoms with Crippen molar-refractivity contribution in [3.8, 4) is 0 Å². The van der Waals surface area contributed by atoms with Crippen molar-refractivity contribution < 1.29 is 9.15 Å². The van der Waals surface area contributed by atoms with E-state index in [2.05, 4.69) is 24.4 Å². The summed E-state index contributed by atoms with van der Waals surface area (Å²) in [5, 5.41) is 4.63. The highest BCUT2D eigenvalue weighted by Gasteiger charge is 2.23. The Kier molecular flexibility index (Phi) is 3.35. The molecular weight excluding hydrogens is 226 g/mol. The van der Waals surface area contributed by atoms with E-state index in [1.54, 1.807) is 0 Å². The van der Waals surface area contributed by atoms with Crippen LogP contribution in [0.15, 0.2) is 28.7 Å². The van der Waals surface area contributed by atoms with E-state index in [0.717, 1.165) is 43.9 Å². The van der Waals surface area contributed by atoms with Crippen LogP contribution in [0.5, 0.6) is 0 Å². The van der Waals surface area contributed by atoms with Crippen LogP contribution in [0.3, 0.4) is 0 Å². The first-order chi connectivity index (χ1) is 8.90. The van der Waals surface area contributed by atoms with E-state index in [4.69, 9.17) is 9.15 Å². The van der Waals surface area contributed by atoms with E-state index in [0.29, 0.717) is 0 Å². The summed E-state index contributed by atoms with van der Waals surface area (Å²) < 4.78 is 11.9. The number of aryl methyl sites for hydroxylation is 1. The van der Waals surface area contributed by atoms with Gasteiger partial charge in [-0.25, -0.2) is 0 Å². The first-order valence-electron chi connectivity index (χ1n) is 6.72. The van der Waals surface area contributed by atoms with Gasteiger partial charge < -0.3 is 14.5 Å². The van der Waals surface area contributed by atoms with Crippen molar-refractivity contribution in [1.82, 2.24) is 5.32 Å². The Morgan fingerprint density at radius 1 is 1.33 bits per heavy atom. The number of benzene rings is 1. The monoisotopic (exact) mass is 245 g/mol. The lowest BCUT2D eigenvalue weighted by atomic mass is 10.1. The van der Waals surface area contributed by atoms with Crippen molar-refractivity contribution >= 4 is 11.0 Å². The SMILES string of the molecule is CCc1c(C2CNCCCO2)oc2ccccc12. The highest BCUT2D eigenvalue weighted by molar-refractivity contribution is 5.82. The van der Waals surface area contributed by atoms with E-state index in [1.165, 1.54) is 10.9 Å². The lowest BCUT2D eigenvalue weighted by Gasteiger charge is -2.13. The van der Waals surface area contributed by atoms with E-state index >= 15 is 0 Å². The molecule has 0 spiro atoms. The van der Waals surface area contributed by atoms with Gasteiger partial charge >= 0.3 is 0 Å². The average Bonchev–Trinajstić information content (AvgIpc) is 2.59. The fourth-order valence-corrected chi connectivity index (χ4v) is 2.63. The molecule has 1 unspecified atom stereocenters. The molecular formula is C15H19NO2. The lowest BCUT2D eigenvalue weighted by molar-refractivity contribution is 0.0518. The zero-order valence-electron chi connectivity index (χ0n) is 10.7. The number of nitrogens with one attached hydrogen (secondary N) is 1. The second-order valence-corrected chi connectivity index (χ2v) is 4.71. The molecule has 1 saturated heterocycles. The van der Waals surface area contributed by atoms with Gasteiger partial charge in [-0.1, -0.05) is 25.1 Å². The summed E-state index contributed by atoms with van der Waals surface area (Å²) in [5.74, 6) is 1.01. The van der Waals surface area contributed by atoms with Crippen molar-refractivity contribution in [3.05, 3.63) is 35.6 Å². The number of ether oxygens (including phenoxy) is 1. The molecule has 1 fully saturated rings. The molecule has 1 aliphatic rings. The van der Waals surface area contributed by atoms with Crippen LogP contribution in [-0.4, -0.2) is 19.7 Å². The van der Waals surface area contributed by atoms with Gasteiger partial charge in [-0.05, 0) is 25.5 Å². The molecule has 0 aliphatic carbocycles. The Balaban J connectivity index is 2.04. The minimum atomic E-state index is 0.0508. The highest BCUT2D eigenvalue weighted by Crippen LogP contribution is 2.32. The van der Waals surface area contributed by atoms with Crippen LogP contribution in [0, 0.1) is 0 Å². The summed E-state index contributed by atoms with van der Waals surface area (Å²) in [5.41, 5.74) is 2.26. The largest absolute Gasteiger partial charge is 0.458 e. The minimum Gasteiger partial charge on any atom is -0.458 e. The number of fused-ring (bicyclic) bond motifs is 1. The van der Waals surface area contributed by atoms with Crippen molar-refractivity contribution in [2.75, 3.05) is 19.7 Å². The highest BCUT2D eigenvalue weighted by atomic mass is 16.5. The van der Waals surface area contributed by atoms with Gasteiger partial charge in [0.2, 0.25) is 0 Å². The molecule has 0 amide bonds. The van der Waals surface area contributed by atoms with Gasteiger partial charge in [0.15, 0.2) is 0 Å². The molecule has 3 rings (SSSR count). The first-order valence-corrected chi connectivity index (χ1v) is 6.72. The van der Waals surface area contributed by atoms with Gasteiger partial charge in [-0.2, -0.15) is 0 Å². The fourth-order valence-electron chi connectivity index (χ4n) is 2.63. The molecule has 18 heavy (non-hydrogen) atoms. The summed E-state index contributed by atoms with van der Waals surface area (Å²) in [7, 11) is 0. The summed E-state index contributed by atoms with van der Waals surface area (Å²) in [6, 6.07) is 8.24. The van der Waals surface area contributed by atoms with Crippen LogP contribution >= 0.6 is 0 Å². The number of hydrogen-bond acceptors (Lipinski definition) is 3. The summed E-state index contributed by atoms with van der Waals surface area (Å²) in [6.45, 7) is 4.84. The molecule has 3 heteroatoms. The Morgan fingerprint density at radius 2 is 2.22 bits per heavy atom. The standard InChI is InChI=1S/C15H19NO2/c1-2-11-12-6-3-4-7-13(12)18-15(11)14-10-16-8-5-9-17-14/h3-4,6-7,14,16H,2,5,8-10H2,1H3. The molecule has 3 nitrogen and oxygen atoms in total. The van der Waals surface area contributed by atoms with Crippen LogP contribution < -0.4 is 5.32 Å². The second-order valence-electron chi connectivity index (χ2n) is 4.71. The van der Waals surface area contributed by atoms with Crippen molar-refractivity contribution in [3.63, 3.8) is 0 Å². The molecule has 2 heterocycles. The Hall–Kier alpha value is -1.32. The van der Waals surface area contributed by atoms with Crippen molar-refractivity contribution in [2.45, 2.75) is 25.9 Å². The van der Waals surface area contributed by atoms with Crippen molar-refractivity contribution in [2.24, 2.45) is 0 Å². The molecule has 96 valence electrons. The molecule has 1 atom stereocenters. The zero-order chi connectivity index (χ0) is 12.4. The third kappa shape index (κ3) is 2.04. The Labute approximate surface area is 107 Å². The number of furan rings is 1. The zero-order valence-corrected chi connectivity index (χ0v) is 10.7. The topological polar surface area (TPSA) is 34.4 Å². The average molecular weight is 245 g/mol. The van der Waals surface area contributed by atoms with E-state index in [9.17, 15) is 0 Å². The van der Waals surface area contributed by atoms with E-state index in [-0.39, 0.29) is 6.10 Å². The van der Waals surface area contributed by atoms with Crippen LogP contribution in [0.4, 0.5) is 0 Å². The predicted octanol–water partition coefficient (Wildman–Crippen LogP) is 3.05. The Bertz CT molecular complexity index is 524. The third-order valence-corrected chi connectivity index (χ3v) is 3.52. The van der Waals surface area contributed by atoms with Gasteiger partial charge in [0.25, 0.3) is 0 Å². The summed E-state index contributed by atoms with van der Waals surface area (Å²) in [6.07, 6.45) is 2.10. The van der Waals surface area contributed by atoms with E-state index < -0.39 is 0 Å². The molecule has 2 aromatic rings. The molecule has 1 aromatic carbocycles. The molecule has 1 aromatic heterocycles. The molecule has 1 aliphatic heterocycles.